The normalized spacial score (nSPS) is 12.4. The van der Waals surface area contributed by atoms with Crippen LogP contribution in [0.15, 0.2) is 41.3 Å². The van der Waals surface area contributed by atoms with Gasteiger partial charge in [0.15, 0.2) is 0 Å². The molecule has 2 aromatic carbocycles. The van der Waals surface area contributed by atoms with E-state index in [1.54, 1.807) is 11.3 Å². The van der Waals surface area contributed by atoms with E-state index in [1.165, 1.54) is 114 Å². The molecule has 0 saturated carbocycles. The Morgan fingerprint density at radius 2 is 1.33 bits per heavy atom. The molecule has 0 N–H and O–H groups in total. The van der Waals surface area contributed by atoms with Crippen LogP contribution in [0.25, 0.3) is 59.1 Å². The number of hydrogen-bond acceptors (Lipinski definition) is 4. The predicted octanol–water partition coefficient (Wildman–Crippen LogP) is 12.4. The standard InChI is InChI=1S/C32H28F2S4Se/c1-2-3-4-5-6-7-8-9-10-19-13-18-14-21-26(16-24(18)35-19)36-30-22-15-20-25(17-27(22)37-29(21)30)38-31(28(20)34)32-23(33)11-12-39-32/h11-17H,2-10H2,1H3. The van der Waals surface area contributed by atoms with E-state index in [1.807, 2.05) is 33.7 Å². The van der Waals surface area contributed by atoms with Crippen molar-refractivity contribution in [1.82, 2.24) is 0 Å². The summed E-state index contributed by atoms with van der Waals surface area (Å²) >= 11 is 6.83. The van der Waals surface area contributed by atoms with Crippen LogP contribution in [0.2, 0.25) is 0 Å². The molecule has 0 radical (unpaired) electrons. The quantitative estimate of drug-likeness (QED) is 0.101. The Balaban J connectivity index is 1.17. The van der Waals surface area contributed by atoms with E-state index in [4.69, 9.17) is 0 Å². The Morgan fingerprint density at radius 1 is 0.667 bits per heavy atom. The molecule has 0 atom stereocenters. The van der Waals surface area contributed by atoms with Crippen LogP contribution in [0.4, 0.5) is 8.78 Å². The number of fused-ring (bicyclic) bond motifs is 7. The molecule has 5 aromatic heterocycles. The third-order valence-corrected chi connectivity index (χ3v) is 14.6. The molecule has 0 aliphatic rings. The van der Waals surface area contributed by atoms with Crippen LogP contribution in [0.5, 0.6) is 0 Å². The number of aryl methyl sites for hydroxylation is 1. The molecule has 0 unspecified atom stereocenters. The van der Waals surface area contributed by atoms with Gasteiger partial charge in [0.1, 0.15) is 0 Å². The molecule has 7 aromatic rings. The van der Waals surface area contributed by atoms with Crippen LogP contribution in [0, 0.1) is 11.6 Å². The number of hydrogen-bond donors (Lipinski definition) is 0. The third kappa shape index (κ3) is 4.83. The molecule has 0 fully saturated rings. The zero-order valence-corrected chi connectivity index (χ0v) is 26.7. The van der Waals surface area contributed by atoms with Gasteiger partial charge in [0.2, 0.25) is 0 Å². The summed E-state index contributed by atoms with van der Waals surface area (Å²) in [6, 6.07) is 12.7. The average Bonchev–Trinajstić information content (AvgIpc) is 3.73. The molecule has 200 valence electrons. The van der Waals surface area contributed by atoms with Gasteiger partial charge < -0.3 is 0 Å². The molecular formula is C32H28F2S4Se. The third-order valence-electron chi connectivity index (χ3n) is 7.62. The Kier molecular flexibility index (Phi) is 7.42. The monoisotopic (exact) mass is 658 g/mol. The molecule has 0 aliphatic heterocycles. The molecule has 39 heavy (non-hydrogen) atoms. The first kappa shape index (κ1) is 26.3. The second-order valence-electron chi connectivity index (χ2n) is 10.4. The van der Waals surface area contributed by atoms with Crippen molar-refractivity contribution in [3.8, 4) is 9.31 Å². The molecule has 0 saturated heterocycles. The first-order valence-electron chi connectivity index (χ1n) is 13.8. The summed E-state index contributed by atoms with van der Waals surface area (Å²) in [6.07, 6.45) is 12.0. The summed E-state index contributed by atoms with van der Waals surface area (Å²) < 4.78 is 37.6. The number of thiophene rings is 4. The Labute approximate surface area is 248 Å². The molecule has 7 rings (SSSR count). The minimum absolute atomic E-state index is 0.136. The fourth-order valence-electron chi connectivity index (χ4n) is 5.57. The van der Waals surface area contributed by atoms with Crippen molar-refractivity contribution in [3.05, 3.63) is 57.9 Å². The molecule has 0 amide bonds. The number of benzene rings is 2. The zero-order chi connectivity index (χ0) is 26.5. The van der Waals surface area contributed by atoms with Crippen LogP contribution in [0.1, 0.15) is 63.2 Å². The summed E-state index contributed by atoms with van der Waals surface area (Å²) in [7, 11) is 0. The second kappa shape index (κ2) is 11.0. The molecule has 0 spiro atoms. The maximum atomic E-state index is 15.5. The van der Waals surface area contributed by atoms with Crippen molar-refractivity contribution in [2.24, 2.45) is 0 Å². The number of unbranched alkanes of at least 4 members (excludes halogenated alkanes) is 7. The molecule has 7 heteroatoms. The van der Waals surface area contributed by atoms with Crippen molar-refractivity contribution < 1.29 is 8.78 Å². The summed E-state index contributed by atoms with van der Waals surface area (Å²) in [5, 5.41) is 4.40. The SMILES string of the molecule is CCCCCCCCCCc1cc2cc3c(cc2s1)sc1c2cc4c(F)c(-c5[se]ccc5F)sc4cc2sc31. The maximum absolute atomic E-state index is 15.5. The van der Waals surface area contributed by atoms with Gasteiger partial charge in [-0.1, -0.05) is 51.9 Å². The Hall–Kier alpha value is -1.60. The van der Waals surface area contributed by atoms with Crippen molar-refractivity contribution in [3.63, 3.8) is 0 Å². The van der Waals surface area contributed by atoms with Gasteiger partial charge in [-0.15, -0.1) is 0 Å². The molecule has 0 bridgehead atoms. The summed E-state index contributed by atoms with van der Waals surface area (Å²) in [4.78, 5) is 3.80. The Morgan fingerprint density at radius 3 is 2.05 bits per heavy atom. The van der Waals surface area contributed by atoms with Crippen LogP contribution in [0.3, 0.4) is 0 Å². The van der Waals surface area contributed by atoms with Crippen molar-refractivity contribution >= 4 is 110 Å². The van der Waals surface area contributed by atoms with Gasteiger partial charge in [0.05, 0.1) is 0 Å². The van der Waals surface area contributed by atoms with Gasteiger partial charge in [-0.3, -0.25) is 0 Å². The van der Waals surface area contributed by atoms with E-state index in [0.717, 1.165) is 10.1 Å². The second-order valence-corrected chi connectivity index (χ2v) is 16.6. The molecule has 5 heterocycles. The van der Waals surface area contributed by atoms with Gasteiger partial charge in [-0.05, 0) is 12.8 Å². The van der Waals surface area contributed by atoms with E-state index >= 15 is 4.39 Å². The van der Waals surface area contributed by atoms with Crippen molar-refractivity contribution in [1.29, 1.82) is 0 Å². The van der Waals surface area contributed by atoms with E-state index in [0.29, 0.717) is 14.7 Å². The average molecular weight is 658 g/mol. The summed E-state index contributed by atoms with van der Waals surface area (Å²) in [5.41, 5.74) is 0. The van der Waals surface area contributed by atoms with Crippen LogP contribution < -0.4 is 0 Å². The first-order valence-corrected chi connectivity index (χ1v) is 18.9. The molecule has 0 aliphatic carbocycles. The summed E-state index contributed by atoms with van der Waals surface area (Å²) in [5.74, 6) is -0.548. The van der Waals surface area contributed by atoms with Crippen molar-refractivity contribution in [2.45, 2.75) is 64.7 Å². The number of rotatable bonds is 10. The topological polar surface area (TPSA) is 0 Å². The fourth-order valence-corrected chi connectivity index (χ4v) is 12.5. The van der Waals surface area contributed by atoms with E-state index < -0.39 is 0 Å². The predicted molar refractivity (Wildman–Crippen MR) is 174 cm³/mol. The van der Waals surface area contributed by atoms with Gasteiger partial charge in [-0.2, -0.15) is 0 Å². The minimum atomic E-state index is -0.282. The van der Waals surface area contributed by atoms with Gasteiger partial charge in [0, 0.05) is 4.88 Å². The first-order chi connectivity index (χ1) is 19.1. The molecule has 0 nitrogen and oxygen atoms in total. The summed E-state index contributed by atoms with van der Waals surface area (Å²) in [6.45, 7) is 2.28. The van der Waals surface area contributed by atoms with Gasteiger partial charge in [-0.25, -0.2) is 0 Å². The van der Waals surface area contributed by atoms with Crippen molar-refractivity contribution in [2.75, 3.05) is 0 Å². The van der Waals surface area contributed by atoms with E-state index in [9.17, 15) is 4.39 Å². The number of halogens is 2. The Bertz CT molecular complexity index is 1950. The van der Waals surface area contributed by atoms with E-state index in [2.05, 4.69) is 31.2 Å². The van der Waals surface area contributed by atoms with Gasteiger partial charge >= 0.3 is 181 Å². The van der Waals surface area contributed by atoms with Gasteiger partial charge in [0.25, 0.3) is 0 Å². The van der Waals surface area contributed by atoms with Crippen LogP contribution >= 0.6 is 45.3 Å². The van der Waals surface area contributed by atoms with E-state index in [-0.39, 0.29) is 26.1 Å². The van der Waals surface area contributed by atoms with Crippen LogP contribution in [-0.4, -0.2) is 14.5 Å². The molecular weight excluding hydrogens is 630 g/mol. The zero-order valence-electron chi connectivity index (χ0n) is 21.7. The fraction of sp³-hybridized carbons (Fsp3) is 0.312. The van der Waals surface area contributed by atoms with Crippen LogP contribution in [-0.2, 0) is 6.42 Å².